The Balaban J connectivity index is 2.05. The van der Waals surface area contributed by atoms with Crippen LogP contribution in [0.3, 0.4) is 0 Å². The molecule has 2 aromatic carbocycles. The number of rotatable bonds is 2. The van der Waals surface area contributed by atoms with E-state index < -0.39 is 5.82 Å². The average Bonchev–Trinajstić information content (AvgIpc) is 2.78. The number of hydrogen-bond donors (Lipinski definition) is 0. The molecule has 3 aromatic rings. The Labute approximate surface area is 103 Å². The van der Waals surface area contributed by atoms with Gasteiger partial charge in [-0.05, 0) is 11.6 Å². The van der Waals surface area contributed by atoms with Crippen LogP contribution < -0.4 is 5.82 Å². The zero-order valence-corrected chi connectivity index (χ0v) is 9.50. The second-order valence-corrected chi connectivity index (χ2v) is 3.87. The molecule has 0 radical (unpaired) electrons. The van der Waals surface area contributed by atoms with E-state index in [2.05, 4.69) is 0 Å². The van der Waals surface area contributed by atoms with Crippen LogP contribution in [0.25, 0.3) is 23.3 Å². The van der Waals surface area contributed by atoms with E-state index in [0.29, 0.717) is 11.2 Å². The van der Waals surface area contributed by atoms with E-state index in [4.69, 9.17) is 8.83 Å². The average molecular weight is 238 g/mol. The maximum Gasteiger partial charge on any atom is 0.519 e. The van der Waals surface area contributed by atoms with E-state index in [0.717, 1.165) is 11.1 Å². The van der Waals surface area contributed by atoms with Gasteiger partial charge in [-0.1, -0.05) is 54.6 Å². The topological polar surface area (TPSA) is 43.4 Å². The predicted octanol–water partition coefficient (Wildman–Crippen LogP) is 3.56. The molecule has 1 aromatic heterocycles. The lowest BCUT2D eigenvalue weighted by Gasteiger charge is -1.94. The van der Waals surface area contributed by atoms with E-state index in [-0.39, 0.29) is 0 Å². The fourth-order valence-electron chi connectivity index (χ4n) is 1.80. The Morgan fingerprint density at radius 2 is 1.67 bits per heavy atom. The molecule has 0 unspecified atom stereocenters. The van der Waals surface area contributed by atoms with Crippen molar-refractivity contribution in [2.24, 2.45) is 0 Å². The monoisotopic (exact) mass is 238 g/mol. The van der Waals surface area contributed by atoms with E-state index in [1.54, 1.807) is 6.07 Å². The molecule has 0 N–H and O–H groups in total. The van der Waals surface area contributed by atoms with Crippen LogP contribution in [0.1, 0.15) is 11.1 Å². The van der Waals surface area contributed by atoms with Crippen LogP contribution >= 0.6 is 0 Å². The largest absolute Gasteiger partial charge is 0.519 e. The van der Waals surface area contributed by atoms with E-state index >= 15 is 0 Å². The highest BCUT2D eigenvalue weighted by atomic mass is 16.6. The Bertz CT molecular complexity index is 748. The van der Waals surface area contributed by atoms with Gasteiger partial charge in [0.2, 0.25) is 0 Å². The molecular weight excluding hydrogens is 228 g/mol. The molecular formula is C15H10O3. The van der Waals surface area contributed by atoms with Crippen LogP contribution in [-0.4, -0.2) is 0 Å². The first-order valence-electron chi connectivity index (χ1n) is 5.59. The first kappa shape index (κ1) is 10.6. The third-order valence-corrected chi connectivity index (χ3v) is 2.64. The third-order valence-electron chi connectivity index (χ3n) is 2.64. The molecule has 1 heterocycles. The molecule has 0 aliphatic rings. The first-order valence-corrected chi connectivity index (χ1v) is 5.59. The van der Waals surface area contributed by atoms with Crippen molar-refractivity contribution in [3.05, 3.63) is 70.3 Å². The minimum atomic E-state index is -0.675. The van der Waals surface area contributed by atoms with Crippen molar-refractivity contribution in [2.75, 3.05) is 0 Å². The lowest BCUT2D eigenvalue weighted by Crippen LogP contribution is -1.84. The predicted molar refractivity (Wildman–Crippen MR) is 70.1 cm³/mol. The molecule has 0 fully saturated rings. The van der Waals surface area contributed by atoms with Crippen LogP contribution in [-0.2, 0) is 0 Å². The van der Waals surface area contributed by atoms with Gasteiger partial charge in [0.15, 0.2) is 11.2 Å². The number of hydrogen-bond acceptors (Lipinski definition) is 3. The maximum absolute atomic E-state index is 11.1. The Kier molecular flexibility index (Phi) is 2.57. The molecule has 3 rings (SSSR count). The fraction of sp³-hybridized carbons (Fsp3) is 0. The highest BCUT2D eigenvalue weighted by Gasteiger charge is 2.05. The SMILES string of the molecule is O=c1oc2cccc(/C=C/c3ccccc3)c2o1. The summed E-state index contributed by atoms with van der Waals surface area (Å²) in [6.07, 6.45) is 3.86. The zero-order valence-electron chi connectivity index (χ0n) is 9.50. The summed E-state index contributed by atoms with van der Waals surface area (Å²) in [7, 11) is 0. The summed E-state index contributed by atoms with van der Waals surface area (Å²) < 4.78 is 9.92. The van der Waals surface area contributed by atoms with Crippen molar-refractivity contribution in [1.82, 2.24) is 0 Å². The maximum atomic E-state index is 11.1. The van der Waals surface area contributed by atoms with Crippen molar-refractivity contribution in [1.29, 1.82) is 0 Å². The van der Waals surface area contributed by atoms with Gasteiger partial charge in [0.1, 0.15) is 0 Å². The first-order chi connectivity index (χ1) is 8.83. The highest BCUT2D eigenvalue weighted by Crippen LogP contribution is 2.19. The third kappa shape index (κ3) is 1.98. The summed E-state index contributed by atoms with van der Waals surface area (Å²) in [4.78, 5) is 11.1. The van der Waals surface area contributed by atoms with Gasteiger partial charge in [-0.25, -0.2) is 4.79 Å². The Morgan fingerprint density at radius 1 is 0.833 bits per heavy atom. The summed E-state index contributed by atoms with van der Waals surface area (Å²) in [6, 6.07) is 15.3. The molecule has 0 bridgehead atoms. The smallest absolute Gasteiger partial charge is 0.391 e. The standard InChI is InChI=1S/C15H10O3/c16-15-17-13-8-4-7-12(14(13)18-15)10-9-11-5-2-1-3-6-11/h1-10H/b10-9+. The zero-order chi connectivity index (χ0) is 12.4. The van der Waals surface area contributed by atoms with Crippen molar-refractivity contribution in [3.63, 3.8) is 0 Å². The van der Waals surface area contributed by atoms with E-state index in [9.17, 15) is 4.79 Å². The number of para-hydroxylation sites is 1. The molecule has 0 atom stereocenters. The van der Waals surface area contributed by atoms with Gasteiger partial charge in [0, 0.05) is 5.56 Å². The van der Waals surface area contributed by atoms with Crippen molar-refractivity contribution in [3.8, 4) is 0 Å². The van der Waals surface area contributed by atoms with E-state index in [1.165, 1.54) is 0 Å². The van der Waals surface area contributed by atoms with Gasteiger partial charge in [-0.3, -0.25) is 0 Å². The summed E-state index contributed by atoms with van der Waals surface area (Å²) in [6.45, 7) is 0. The molecule has 0 saturated heterocycles. The van der Waals surface area contributed by atoms with Gasteiger partial charge < -0.3 is 8.83 Å². The summed E-state index contributed by atoms with van der Waals surface area (Å²) >= 11 is 0. The van der Waals surface area contributed by atoms with Crippen molar-refractivity contribution < 1.29 is 8.83 Å². The van der Waals surface area contributed by atoms with Gasteiger partial charge in [0.25, 0.3) is 0 Å². The van der Waals surface area contributed by atoms with Crippen LogP contribution in [0.5, 0.6) is 0 Å². The molecule has 18 heavy (non-hydrogen) atoms. The van der Waals surface area contributed by atoms with Crippen LogP contribution in [0.2, 0.25) is 0 Å². The second-order valence-electron chi connectivity index (χ2n) is 3.87. The Morgan fingerprint density at radius 3 is 2.50 bits per heavy atom. The van der Waals surface area contributed by atoms with Crippen LogP contribution in [0.4, 0.5) is 0 Å². The second kappa shape index (κ2) is 4.37. The normalized spacial score (nSPS) is 11.3. The van der Waals surface area contributed by atoms with Crippen LogP contribution in [0.15, 0.2) is 62.2 Å². The summed E-state index contributed by atoms with van der Waals surface area (Å²) in [5.74, 6) is -0.675. The van der Waals surface area contributed by atoms with E-state index in [1.807, 2.05) is 54.6 Å². The quantitative estimate of drug-likeness (QED) is 0.641. The lowest BCUT2D eigenvalue weighted by molar-refractivity contribution is 0.409. The van der Waals surface area contributed by atoms with Gasteiger partial charge >= 0.3 is 5.82 Å². The molecule has 3 nitrogen and oxygen atoms in total. The molecule has 0 aliphatic heterocycles. The summed E-state index contributed by atoms with van der Waals surface area (Å²) in [5.41, 5.74) is 2.85. The number of fused-ring (bicyclic) bond motifs is 1. The summed E-state index contributed by atoms with van der Waals surface area (Å²) in [5, 5.41) is 0. The Hall–Kier alpha value is -2.55. The fourth-order valence-corrected chi connectivity index (χ4v) is 1.80. The molecule has 3 heteroatoms. The molecule has 88 valence electrons. The highest BCUT2D eigenvalue weighted by molar-refractivity contribution is 5.85. The van der Waals surface area contributed by atoms with Gasteiger partial charge in [-0.15, -0.1) is 0 Å². The van der Waals surface area contributed by atoms with Crippen molar-refractivity contribution >= 4 is 23.3 Å². The molecule has 0 amide bonds. The lowest BCUT2D eigenvalue weighted by atomic mass is 10.1. The van der Waals surface area contributed by atoms with Gasteiger partial charge in [-0.2, -0.15) is 0 Å². The number of benzene rings is 2. The molecule has 0 aliphatic carbocycles. The minimum absolute atomic E-state index is 0.468. The van der Waals surface area contributed by atoms with Crippen LogP contribution in [0, 0.1) is 0 Å². The van der Waals surface area contributed by atoms with Crippen molar-refractivity contribution in [2.45, 2.75) is 0 Å². The molecule has 0 saturated carbocycles. The minimum Gasteiger partial charge on any atom is -0.391 e. The van der Waals surface area contributed by atoms with Gasteiger partial charge in [0.05, 0.1) is 0 Å². The molecule has 0 spiro atoms.